The predicted molar refractivity (Wildman–Crippen MR) is 344 cm³/mol. The summed E-state index contributed by atoms with van der Waals surface area (Å²) < 4.78 is 64.7. The third-order valence-corrected chi connectivity index (χ3v) is 12.3. The van der Waals surface area contributed by atoms with Crippen LogP contribution in [0, 0.1) is 0 Å². The molecule has 498 valence electrons. The van der Waals surface area contributed by atoms with Crippen LogP contribution in [0.4, 0.5) is 0 Å². The van der Waals surface area contributed by atoms with Crippen molar-refractivity contribution in [3.05, 3.63) is 160 Å². The molecule has 0 unspecified atom stereocenters. The Balaban J connectivity index is 1.52. The highest BCUT2D eigenvalue weighted by atomic mass is 17.2. The summed E-state index contributed by atoms with van der Waals surface area (Å²) >= 11 is 0. The molecule has 22 nitrogen and oxygen atoms in total. The SMILES string of the molecule is C=CCOOCCCCOc1ccc(/C=C/C(=O)Oc2ccc3cc(OC(=O)/C=C/c4ccc(OCCCCOC(=O)C=C)c(OCCCCOC(=O)C=C)c4OCCCCOOCC=C)ccc3c2)c(OCCCCOC(=O)C=C)c1OCCCCOOCC=C. The number of hydrogen-bond acceptors (Lipinski definition) is 22. The van der Waals surface area contributed by atoms with Gasteiger partial charge in [0.15, 0.2) is 23.0 Å². The number of hydrogen-bond donors (Lipinski definition) is 0. The van der Waals surface area contributed by atoms with Crippen LogP contribution in [0.3, 0.4) is 0 Å². The van der Waals surface area contributed by atoms with E-state index in [0.717, 1.165) is 18.2 Å². The molecule has 0 bridgehead atoms. The van der Waals surface area contributed by atoms with Gasteiger partial charge in [-0.1, -0.05) is 50.1 Å². The van der Waals surface area contributed by atoms with E-state index in [2.05, 4.69) is 39.5 Å². The summed E-state index contributed by atoms with van der Waals surface area (Å²) in [7, 11) is 0. The Bertz CT molecular complexity index is 3000. The van der Waals surface area contributed by atoms with Gasteiger partial charge in [0.05, 0.1) is 79.3 Å². The van der Waals surface area contributed by atoms with Crippen LogP contribution < -0.4 is 37.9 Å². The fourth-order valence-corrected chi connectivity index (χ4v) is 7.75. The van der Waals surface area contributed by atoms with Gasteiger partial charge < -0.3 is 52.1 Å². The highest BCUT2D eigenvalue weighted by Gasteiger charge is 2.20. The lowest BCUT2D eigenvalue weighted by molar-refractivity contribution is -0.286. The van der Waals surface area contributed by atoms with Crippen LogP contribution in [0.1, 0.15) is 88.2 Å². The van der Waals surface area contributed by atoms with Gasteiger partial charge in [0.2, 0.25) is 11.5 Å². The number of carbonyl (C=O) groups is 5. The van der Waals surface area contributed by atoms with Crippen molar-refractivity contribution in [1.82, 2.24) is 0 Å². The number of carbonyl (C=O) groups excluding carboxylic acids is 5. The Hall–Kier alpha value is -9.03. The fraction of sp³-hybridized carbons (Fsp3) is 0.386. The van der Waals surface area contributed by atoms with Gasteiger partial charge >= 0.3 is 29.8 Å². The number of rotatable bonds is 54. The van der Waals surface area contributed by atoms with E-state index in [1.165, 1.54) is 12.2 Å². The molecule has 0 aliphatic rings. The summed E-state index contributed by atoms with van der Waals surface area (Å²) in [6.07, 6.45) is 20.5. The molecule has 22 heteroatoms. The lowest BCUT2D eigenvalue weighted by Crippen LogP contribution is -2.09. The van der Waals surface area contributed by atoms with Crippen molar-refractivity contribution < 1.29 is 105 Å². The third kappa shape index (κ3) is 31.6. The summed E-state index contributed by atoms with van der Waals surface area (Å²) in [5, 5.41) is 1.37. The molecule has 0 radical (unpaired) electrons. The van der Waals surface area contributed by atoms with E-state index in [0.29, 0.717) is 154 Å². The van der Waals surface area contributed by atoms with Crippen molar-refractivity contribution in [2.24, 2.45) is 0 Å². The van der Waals surface area contributed by atoms with E-state index in [1.807, 2.05) is 0 Å². The van der Waals surface area contributed by atoms with Crippen molar-refractivity contribution in [2.75, 3.05) is 99.1 Å². The normalized spacial score (nSPS) is 10.9. The van der Waals surface area contributed by atoms with E-state index < -0.39 is 29.8 Å². The molecule has 0 saturated carbocycles. The molecule has 0 atom stereocenters. The van der Waals surface area contributed by atoms with Crippen molar-refractivity contribution in [1.29, 1.82) is 0 Å². The summed E-state index contributed by atoms with van der Waals surface area (Å²) in [6.45, 7) is 24.9. The van der Waals surface area contributed by atoms with Gasteiger partial charge in [-0.25, -0.2) is 53.3 Å². The zero-order valence-electron chi connectivity index (χ0n) is 52.4. The molecule has 4 aromatic rings. The van der Waals surface area contributed by atoms with Gasteiger partial charge in [-0.3, -0.25) is 0 Å². The van der Waals surface area contributed by atoms with Gasteiger partial charge in [-0.05, 0) is 149 Å². The Morgan fingerprint density at radius 2 is 0.620 bits per heavy atom. The highest BCUT2D eigenvalue weighted by Crippen LogP contribution is 2.43. The van der Waals surface area contributed by atoms with E-state index in [-0.39, 0.29) is 89.9 Å². The van der Waals surface area contributed by atoms with Gasteiger partial charge in [-0.2, -0.15) is 0 Å². The van der Waals surface area contributed by atoms with Crippen LogP contribution in [-0.4, -0.2) is 129 Å². The second-order valence-corrected chi connectivity index (χ2v) is 19.4. The smallest absolute Gasteiger partial charge is 0.336 e. The lowest BCUT2D eigenvalue weighted by atomic mass is 10.1. The first-order valence-corrected chi connectivity index (χ1v) is 30.4. The molecule has 0 fully saturated rings. The van der Waals surface area contributed by atoms with E-state index in [9.17, 15) is 24.0 Å². The van der Waals surface area contributed by atoms with Crippen molar-refractivity contribution in [2.45, 2.75) is 77.0 Å². The zero-order valence-corrected chi connectivity index (χ0v) is 52.4. The minimum Gasteiger partial charge on any atom is -0.490 e. The topological polar surface area (TPSA) is 242 Å². The van der Waals surface area contributed by atoms with Crippen LogP contribution in [0.2, 0.25) is 0 Å². The summed E-state index contributed by atoms with van der Waals surface area (Å²) in [5.41, 5.74) is 0.976. The Kier molecular flexibility index (Phi) is 39.2. The molecule has 4 aromatic carbocycles. The van der Waals surface area contributed by atoms with Gasteiger partial charge in [0.25, 0.3) is 0 Å². The first-order valence-electron chi connectivity index (χ1n) is 30.4. The quantitative estimate of drug-likeness (QED) is 0.00583. The molecule has 92 heavy (non-hydrogen) atoms. The average Bonchev–Trinajstić information content (AvgIpc) is 0.872. The molecule has 0 N–H and O–H groups in total. The number of fused-ring (bicyclic) bond motifs is 1. The zero-order chi connectivity index (χ0) is 66.1. The molecule has 0 spiro atoms. The molecule has 0 saturated heterocycles. The molecule has 0 amide bonds. The fourth-order valence-electron chi connectivity index (χ4n) is 7.75. The van der Waals surface area contributed by atoms with Crippen LogP contribution in [0.25, 0.3) is 22.9 Å². The lowest BCUT2D eigenvalue weighted by Gasteiger charge is -2.19. The third-order valence-electron chi connectivity index (χ3n) is 12.3. The molecular weight excluding hydrogens is 1190 g/mol. The summed E-state index contributed by atoms with van der Waals surface area (Å²) in [4.78, 5) is 92.4. The van der Waals surface area contributed by atoms with Gasteiger partial charge in [0.1, 0.15) is 31.3 Å². The molecular formula is C70H86O22. The maximum atomic E-state index is 13.5. The second kappa shape index (κ2) is 47.9. The first-order chi connectivity index (χ1) is 45.0. The van der Waals surface area contributed by atoms with Crippen molar-refractivity contribution >= 4 is 52.8 Å². The standard InChI is InChI=1S/C70H86O22/c1-7-37-85-88-49-22-19-41-77-61-34-28-54(67(81-45-17-15-43-79-63(72)11-5)70(61)84-48-21-24-51-90-87-39-9-3)29-35-65(74)91-58-31-25-57-53-59(32-26-56(57)52-58)92-66(75)36-30-55-27-33-60(76-40-13-14-42-78-62(71)10-4)69(83-47-18-16-44-80-64(73)12-6)68(55)82-46-20-23-50-89-86-38-8-2/h7-12,25-36,52-53H,1-6,13-24,37-51H2/b35-29+,36-30+. The number of esters is 5. The Labute approximate surface area is 538 Å². The molecule has 0 aliphatic carbocycles. The minimum absolute atomic E-state index is 0.168. The van der Waals surface area contributed by atoms with Crippen LogP contribution >= 0.6 is 0 Å². The van der Waals surface area contributed by atoms with Gasteiger partial charge in [0, 0.05) is 41.5 Å². The number of unbranched alkanes of at least 4 members (excludes halogenated alkanes) is 6. The molecule has 4 rings (SSSR count). The number of benzene rings is 4. The van der Waals surface area contributed by atoms with E-state index in [4.69, 9.17) is 81.4 Å². The molecule has 0 aliphatic heterocycles. The maximum Gasteiger partial charge on any atom is 0.336 e. The minimum atomic E-state index is -0.692. The van der Waals surface area contributed by atoms with Crippen LogP contribution in [0.5, 0.6) is 46.0 Å². The molecule has 0 aromatic heterocycles. The van der Waals surface area contributed by atoms with Crippen LogP contribution in [-0.2, 0) is 67.5 Å². The van der Waals surface area contributed by atoms with E-state index in [1.54, 1.807) is 91.0 Å². The summed E-state index contributed by atoms with van der Waals surface area (Å²) in [6, 6.07) is 17.0. The largest absolute Gasteiger partial charge is 0.490 e. The van der Waals surface area contributed by atoms with Crippen molar-refractivity contribution in [3.8, 4) is 46.0 Å². The first kappa shape index (κ1) is 75.4. The van der Waals surface area contributed by atoms with E-state index >= 15 is 0 Å². The Morgan fingerprint density at radius 1 is 0.315 bits per heavy atom. The molecule has 0 heterocycles. The van der Waals surface area contributed by atoms with Gasteiger partial charge in [-0.15, -0.1) is 19.7 Å². The second-order valence-electron chi connectivity index (χ2n) is 19.4. The van der Waals surface area contributed by atoms with Crippen LogP contribution in [0.15, 0.2) is 149 Å². The highest BCUT2D eigenvalue weighted by molar-refractivity contribution is 5.93. The predicted octanol–water partition coefficient (Wildman–Crippen LogP) is 12.6. The number of ether oxygens (including phenoxy) is 11. The summed E-state index contributed by atoms with van der Waals surface area (Å²) in [5.74, 6) is -0.408. The maximum absolute atomic E-state index is 13.5. The van der Waals surface area contributed by atoms with Crippen molar-refractivity contribution in [3.63, 3.8) is 0 Å². The monoisotopic (exact) mass is 1280 g/mol. The Morgan fingerprint density at radius 3 is 0.946 bits per heavy atom. The average molecular weight is 1280 g/mol.